The molecule has 0 spiro atoms. The van der Waals surface area contributed by atoms with E-state index in [4.69, 9.17) is 4.74 Å². The second-order valence-electron chi connectivity index (χ2n) is 2.24. The van der Waals surface area contributed by atoms with Crippen molar-refractivity contribution >= 4 is 11.3 Å². The molecule has 2 heterocycles. The van der Waals surface area contributed by atoms with Crippen LogP contribution in [-0.4, -0.2) is 22.1 Å². The first-order chi connectivity index (χ1) is 6.40. The zero-order chi connectivity index (χ0) is 9.10. The molecule has 0 bridgehead atoms. The minimum absolute atomic E-state index is 0.365. The maximum absolute atomic E-state index is 4.84. The van der Waals surface area contributed by atoms with E-state index in [1.165, 1.54) is 18.4 Å². The lowest BCUT2D eigenvalue weighted by atomic mass is 10.4. The monoisotopic (exact) mass is 192 g/mol. The minimum atomic E-state index is 0.365. The molecule has 0 N–H and O–H groups in total. The smallest absolute Gasteiger partial charge is 0.316 e. The summed E-state index contributed by atoms with van der Waals surface area (Å²) in [5, 5.41) is 3.76. The summed E-state index contributed by atoms with van der Waals surface area (Å²) < 4.78 is 4.84. The van der Waals surface area contributed by atoms with Crippen molar-refractivity contribution in [3.8, 4) is 16.6 Å². The number of aromatic nitrogens is 3. The molecule has 65 valence electrons. The van der Waals surface area contributed by atoms with E-state index in [1.807, 2.05) is 0 Å². The SMILES string of the molecule is COc1ncc(-c2nc[c]s2)cn1. The Balaban J connectivity index is 2.33. The Bertz CT molecular complexity index is 371. The van der Waals surface area contributed by atoms with Crippen LogP contribution in [0.2, 0.25) is 0 Å². The van der Waals surface area contributed by atoms with Crippen molar-refractivity contribution in [1.82, 2.24) is 15.0 Å². The van der Waals surface area contributed by atoms with Gasteiger partial charge in [0.15, 0.2) is 0 Å². The maximum atomic E-state index is 4.84. The Morgan fingerprint density at radius 2 is 2.08 bits per heavy atom. The van der Waals surface area contributed by atoms with Gasteiger partial charge in [0.05, 0.1) is 12.5 Å². The highest BCUT2D eigenvalue weighted by Gasteiger charge is 2.01. The molecule has 13 heavy (non-hydrogen) atoms. The largest absolute Gasteiger partial charge is 0.467 e. The fraction of sp³-hybridized carbons (Fsp3) is 0.125. The molecule has 0 atom stereocenters. The summed E-state index contributed by atoms with van der Waals surface area (Å²) in [5.41, 5.74) is 0.882. The summed E-state index contributed by atoms with van der Waals surface area (Å²) in [5.74, 6) is 0. The average molecular weight is 192 g/mol. The number of ether oxygens (including phenoxy) is 1. The fourth-order valence-electron chi connectivity index (χ4n) is 0.859. The first kappa shape index (κ1) is 8.12. The zero-order valence-corrected chi connectivity index (χ0v) is 7.71. The van der Waals surface area contributed by atoms with Crippen LogP contribution in [0.1, 0.15) is 0 Å². The average Bonchev–Trinajstić information content (AvgIpc) is 2.71. The maximum Gasteiger partial charge on any atom is 0.316 e. The molecule has 0 aliphatic rings. The lowest BCUT2D eigenvalue weighted by molar-refractivity contribution is 0.380. The van der Waals surface area contributed by atoms with Crippen molar-refractivity contribution < 1.29 is 4.74 Å². The Hall–Kier alpha value is -1.49. The van der Waals surface area contributed by atoms with E-state index in [0.717, 1.165) is 10.6 Å². The zero-order valence-electron chi connectivity index (χ0n) is 6.89. The van der Waals surface area contributed by atoms with Gasteiger partial charge in [0.1, 0.15) is 5.01 Å². The molecule has 0 amide bonds. The summed E-state index contributed by atoms with van der Waals surface area (Å²) >= 11 is 1.43. The Morgan fingerprint density at radius 1 is 1.31 bits per heavy atom. The molecule has 0 aromatic carbocycles. The van der Waals surface area contributed by atoms with Gasteiger partial charge in [0.2, 0.25) is 0 Å². The van der Waals surface area contributed by atoms with E-state index in [0.29, 0.717) is 6.01 Å². The molecule has 2 rings (SSSR count). The lowest BCUT2D eigenvalue weighted by Gasteiger charge is -1.97. The number of nitrogens with zero attached hydrogens (tertiary/aromatic N) is 3. The fourth-order valence-corrected chi connectivity index (χ4v) is 1.40. The number of methoxy groups -OCH3 is 1. The summed E-state index contributed by atoms with van der Waals surface area (Å²) in [6.45, 7) is 0. The van der Waals surface area contributed by atoms with Crippen LogP contribution in [0.3, 0.4) is 0 Å². The van der Waals surface area contributed by atoms with Crippen molar-refractivity contribution in [2.24, 2.45) is 0 Å². The number of hydrogen-bond acceptors (Lipinski definition) is 5. The molecule has 0 fully saturated rings. The summed E-state index contributed by atoms with van der Waals surface area (Å²) in [7, 11) is 1.53. The Kier molecular flexibility index (Phi) is 2.18. The number of thiazole rings is 1. The molecule has 2 aromatic rings. The van der Waals surface area contributed by atoms with Crippen LogP contribution in [0.25, 0.3) is 10.6 Å². The highest BCUT2D eigenvalue weighted by Crippen LogP contribution is 2.19. The summed E-state index contributed by atoms with van der Waals surface area (Å²) in [6, 6.07) is 0.365. The Labute approximate surface area is 79.3 Å². The molecule has 0 aliphatic heterocycles. The highest BCUT2D eigenvalue weighted by atomic mass is 32.1. The molecule has 0 saturated heterocycles. The van der Waals surface area contributed by atoms with Gasteiger partial charge in [-0.1, -0.05) is 0 Å². The molecule has 5 heteroatoms. The highest BCUT2D eigenvalue weighted by molar-refractivity contribution is 7.12. The van der Waals surface area contributed by atoms with Gasteiger partial charge in [0.25, 0.3) is 0 Å². The molecule has 0 unspecified atom stereocenters. The van der Waals surface area contributed by atoms with Crippen LogP contribution in [0.15, 0.2) is 18.6 Å². The molecule has 1 radical (unpaired) electrons. The van der Waals surface area contributed by atoms with Crippen molar-refractivity contribution in [1.29, 1.82) is 0 Å². The van der Waals surface area contributed by atoms with Crippen LogP contribution >= 0.6 is 11.3 Å². The third kappa shape index (κ3) is 1.65. The second kappa shape index (κ2) is 3.49. The number of hydrogen-bond donors (Lipinski definition) is 0. The quantitative estimate of drug-likeness (QED) is 0.721. The predicted octanol–water partition coefficient (Wildman–Crippen LogP) is 1.41. The number of rotatable bonds is 2. The van der Waals surface area contributed by atoms with Gasteiger partial charge in [-0.2, -0.15) is 0 Å². The van der Waals surface area contributed by atoms with Crippen molar-refractivity contribution in [3.63, 3.8) is 0 Å². The molecular formula is C8H6N3OS. The predicted molar refractivity (Wildman–Crippen MR) is 48.5 cm³/mol. The molecule has 2 aromatic heterocycles. The molecule has 0 saturated carbocycles. The third-order valence-corrected chi connectivity index (χ3v) is 2.21. The van der Waals surface area contributed by atoms with Crippen molar-refractivity contribution in [2.75, 3.05) is 7.11 Å². The van der Waals surface area contributed by atoms with Gasteiger partial charge in [-0.15, -0.1) is 11.3 Å². The van der Waals surface area contributed by atoms with Crippen molar-refractivity contribution in [3.05, 3.63) is 24.0 Å². The van der Waals surface area contributed by atoms with Gasteiger partial charge in [-0.3, -0.25) is 0 Å². The van der Waals surface area contributed by atoms with Gasteiger partial charge in [-0.05, 0) is 0 Å². The molecule has 4 nitrogen and oxygen atoms in total. The van der Waals surface area contributed by atoms with Crippen LogP contribution in [0, 0.1) is 5.38 Å². The van der Waals surface area contributed by atoms with Crippen LogP contribution in [-0.2, 0) is 0 Å². The summed E-state index contributed by atoms with van der Waals surface area (Å²) in [6.07, 6.45) is 4.99. The van der Waals surface area contributed by atoms with E-state index in [9.17, 15) is 0 Å². The third-order valence-electron chi connectivity index (χ3n) is 1.45. The lowest BCUT2D eigenvalue weighted by Crippen LogP contribution is -1.90. The van der Waals surface area contributed by atoms with E-state index in [-0.39, 0.29) is 0 Å². The standard InChI is InChI=1S/C8H6N3OS/c1-12-8-10-4-6(5-11-8)7-9-2-3-13-7/h2,4-5H,1H3. The first-order valence-electron chi connectivity index (χ1n) is 3.58. The van der Waals surface area contributed by atoms with E-state index in [2.05, 4.69) is 20.3 Å². The minimum Gasteiger partial charge on any atom is -0.467 e. The van der Waals surface area contributed by atoms with Gasteiger partial charge in [0, 0.05) is 24.2 Å². The van der Waals surface area contributed by atoms with Crippen LogP contribution in [0.4, 0.5) is 0 Å². The van der Waals surface area contributed by atoms with Gasteiger partial charge >= 0.3 is 6.01 Å². The molecule has 0 aliphatic carbocycles. The van der Waals surface area contributed by atoms with Crippen LogP contribution < -0.4 is 4.74 Å². The second-order valence-corrected chi connectivity index (χ2v) is 3.07. The van der Waals surface area contributed by atoms with Crippen LogP contribution in [0.5, 0.6) is 6.01 Å². The summed E-state index contributed by atoms with van der Waals surface area (Å²) in [4.78, 5) is 12.0. The topological polar surface area (TPSA) is 47.9 Å². The van der Waals surface area contributed by atoms with Gasteiger partial charge in [-0.25, -0.2) is 15.0 Å². The normalized spacial score (nSPS) is 9.92. The first-order valence-corrected chi connectivity index (χ1v) is 4.40. The Morgan fingerprint density at radius 3 is 2.62 bits per heavy atom. The van der Waals surface area contributed by atoms with E-state index < -0.39 is 0 Å². The van der Waals surface area contributed by atoms with Crippen molar-refractivity contribution in [2.45, 2.75) is 0 Å². The van der Waals surface area contributed by atoms with E-state index in [1.54, 1.807) is 18.6 Å². The molecular weight excluding hydrogens is 186 g/mol. The van der Waals surface area contributed by atoms with E-state index >= 15 is 0 Å². The van der Waals surface area contributed by atoms with Gasteiger partial charge < -0.3 is 4.74 Å².